The number of ether oxygens (including phenoxy) is 1. The van der Waals surface area contributed by atoms with Crippen LogP contribution in [0.25, 0.3) is 22.2 Å². The molecule has 1 heterocycles. The Balaban J connectivity index is 1.64. The highest BCUT2D eigenvalue weighted by Crippen LogP contribution is 2.31. The number of carbonyl (C=O) groups excluding carboxylic acids is 1. The van der Waals surface area contributed by atoms with Gasteiger partial charge in [-0.05, 0) is 48.5 Å². The second-order valence-electron chi connectivity index (χ2n) is 5.57. The van der Waals surface area contributed by atoms with Gasteiger partial charge in [-0.3, -0.25) is 0 Å². The Kier molecular flexibility index (Phi) is 4.14. The zero-order valence-electron chi connectivity index (χ0n) is 13.3. The summed E-state index contributed by atoms with van der Waals surface area (Å²) in [6.45, 7) is 0. The van der Waals surface area contributed by atoms with Crippen molar-refractivity contribution in [2.24, 2.45) is 0 Å². The van der Waals surface area contributed by atoms with Crippen molar-refractivity contribution in [2.75, 3.05) is 0 Å². The molecule has 0 fully saturated rings. The molecule has 4 nitrogen and oxygen atoms in total. The normalized spacial score (nSPS) is 10.8. The van der Waals surface area contributed by atoms with E-state index in [9.17, 15) is 9.18 Å². The SMILES string of the molecule is O=C(Oc1ccc2c(-c3ccc(F)cc3)noc2c1)c1ccccc1Cl. The van der Waals surface area contributed by atoms with Gasteiger partial charge in [-0.15, -0.1) is 0 Å². The fourth-order valence-electron chi connectivity index (χ4n) is 2.59. The van der Waals surface area contributed by atoms with E-state index in [1.165, 1.54) is 12.1 Å². The van der Waals surface area contributed by atoms with Gasteiger partial charge in [-0.25, -0.2) is 9.18 Å². The van der Waals surface area contributed by atoms with Crippen LogP contribution in [0.2, 0.25) is 5.02 Å². The van der Waals surface area contributed by atoms with Crippen molar-refractivity contribution in [2.45, 2.75) is 0 Å². The number of carbonyl (C=O) groups is 1. The molecule has 1 aromatic heterocycles. The summed E-state index contributed by atoms with van der Waals surface area (Å²) < 4.78 is 23.8. The molecule has 6 heteroatoms. The summed E-state index contributed by atoms with van der Waals surface area (Å²) in [7, 11) is 0. The smallest absolute Gasteiger partial charge is 0.345 e. The van der Waals surface area contributed by atoms with Crippen LogP contribution in [-0.2, 0) is 0 Å². The number of hydrogen-bond acceptors (Lipinski definition) is 4. The van der Waals surface area contributed by atoms with Crippen LogP contribution < -0.4 is 4.74 Å². The van der Waals surface area contributed by atoms with Gasteiger partial charge < -0.3 is 9.26 Å². The van der Waals surface area contributed by atoms with E-state index in [1.807, 2.05) is 0 Å². The number of nitrogens with zero attached hydrogens (tertiary/aromatic N) is 1. The summed E-state index contributed by atoms with van der Waals surface area (Å²) >= 11 is 6.01. The molecular weight excluding hydrogens is 357 g/mol. The first kappa shape index (κ1) is 16.3. The zero-order chi connectivity index (χ0) is 18.1. The molecule has 4 aromatic rings. The molecule has 0 spiro atoms. The van der Waals surface area contributed by atoms with E-state index in [4.69, 9.17) is 20.9 Å². The van der Waals surface area contributed by atoms with Crippen LogP contribution in [0.3, 0.4) is 0 Å². The zero-order valence-corrected chi connectivity index (χ0v) is 14.0. The predicted molar refractivity (Wildman–Crippen MR) is 95.8 cm³/mol. The lowest BCUT2D eigenvalue weighted by molar-refractivity contribution is 0.0735. The number of benzene rings is 3. The van der Waals surface area contributed by atoms with Crippen LogP contribution in [-0.4, -0.2) is 11.1 Å². The van der Waals surface area contributed by atoms with Crippen LogP contribution in [0.1, 0.15) is 10.4 Å². The monoisotopic (exact) mass is 367 g/mol. The molecular formula is C20H11ClFNO3. The third-order valence-electron chi connectivity index (χ3n) is 3.87. The van der Waals surface area contributed by atoms with E-state index in [1.54, 1.807) is 54.6 Å². The summed E-state index contributed by atoms with van der Waals surface area (Å²) in [5.74, 6) is -0.576. The highest BCUT2D eigenvalue weighted by atomic mass is 35.5. The van der Waals surface area contributed by atoms with Gasteiger partial charge in [0.25, 0.3) is 0 Å². The Hall–Kier alpha value is -3.18. The van der Waals surface area contributed by atoms with Crippen LogP contribution in [0.15, 0.2) is 71.3 Å². The van der Waals surface area contributed by atoms with E-state index in [-0.39, 0.29) is 11.4 Å². The van der Waals surface area contributed by atoms with Crippen molar-refractivity contribution in [3.05, 3.63) is 83.1 Å². The molecule has 0 bridgehead atoms. The molecule has 0 aliphatic rings. The summed E-state index contributed by atoms with van der Waals surface area (Å²) in [6, 6.07) is 17.6. The van der Waals surface area contributed by atoms with Gasteiger partial charge in [0, 0.05) is 17.0 Å². The lowest BCUT2D eigenvalue weighted by Gasteiger charge is -2.05. The number of halogens is 2. The fraction of sp³-hybridized carbons (Fsp3) is 0. The standard InChI is InChI=1S/C20H11ClFNO3/c21-17-4-2-1-3-15(17)20(24)25-14-9-10-16-18(11-14)26-23-19(16)12-5-7-13(22)8-6-12/h1-11H. The Morgan fingerprint density at radius 1 is 1.04 bits per heavy atom. The number of rotatable bonds is 3. The van der Waals surface area contributed by atoms with Crippen molar-refractivity contribution >= 4 is 28.5 Å². The van der Waals surface area contributed by atoms with Gasteiger partial charge in [-0.2, -0.15) is 0 Å². The first-order valence-electron chi connectivity index (χ1n) is 7.74. The van der Waals surface area contributed by atoms with Gasteiger partial charge in [0.2, 0.25) is 0 Å². The van der Waals surface area contributed by atoms with Crippen LogP contribution in [0, 0.1) is 5.82 Å². The number of fused-ring (bicyclic) bond motifs is 1. The van der Waals surface area contributed by atoms with Crippen LogP contribution in [0.5, 0.6) is 5.75 Å². The average molecular weight is 368 g/mol. The van der Waals surface area contributed by atoms with Crippen LogP contribution >= 0.6 is 11.6 Å². The molecule has 0 saturated carbocycles. The molecule has 0 aliphatic carbocycles. The summed E-state index contributed by atoms with van der Waals surface area (Å²) in [5, 5.41) is 5.08. The van der Waals surface area contributed by atoms with Crippen LogP contribution in [0.4, 0.5) is 4.39 Å². The second kappa shape index (κ2) is 6.61. The average Bonchev–Trinajstić information content (AvgIpc) is 3.06. The summed E-state index contributed by atoms with van der Waals surface area (Å²) in [4.78, 5) is 12.2. The third-order valence-corrected chi connectivity index (χ3v) is 4.20. The molecule has 0 unspecified atom stereocenters. The van der Waals surface area contributed by atoms with Gasteiger partial charge in [-0.1, -0.05) is 28.9 Å². The minimum atomic E-state index is -0.562. The van der Waals surface area contributed by atoms with E-state index in [2.05, 4.69) is 5.16 Å². The number of esters is 1. The van der Waals surface area contributed by atoms with Crippen molar-refractivity contribution in [1.29, 1.82) is 0 Å². The van der Waals surface area contributed by atoms with Gasteiger partial charge in [0.15, 0.2) is 5.58 Å². The maximum Gasteiger partial charge on any atom is 0.345 e. The lowest BCUT2D eigenvalue weighted by Crippen LogP contribution is -2.08. The van der Waals surface area contributed by atoms with E-state index in [0.717, 1.165) is 10.9 Å². The second-order valence-corrected chi connectivity index (χ2v) is 5.97. The number of hydrogen-bond donors (Lipinski definition) is 0. The van der Waals surface area contributed by atoms with Crippen molar-refractivity contribution in [1.82, 2.24) is 5.16 Å². The lowest BCUT2D eigenvalue weighted by atomic mass is 10.1. The third kappa shape index (κ3) is 3.05. The molecule has 128 valence electrons. The Morgan fingerprint density at radius 3 is 2.58 bits per heavy atom. The first-order chi connectivity index (χ1) is 12.6. The van der Waals surface area contributed by atoms with Crippen molar-refractivity contribution in [3.63, 3.8) is 0 Å². The van der Waals surface area contributed by atoms with E-state index < -0.39 is 5.97 Å². The minimum absolute atomic E-state index is 0.277. The summed E-state index contributed by atoms with van der Waals surface area (Å²) in [6.07, 6.45) is 0. The van der Waals surface area contributed by atoms with E-state index >= 15 is 0 Å². The quantitative estimate of drug-likeness (QED) is 0.354. The van der Waals surface area contributed by atoms with Crippen molar-refractivity contribution < 1.29 is 18.4 Å². The minimum Gasteiger partial charge on any atom is -0.423 e. The Morgan fingerprint density at radius 2 is 1.81 bits per heavy atom. The Bertz CT molecular complexity index is 1110. The van der Waals surface area contributed by atoms with E-state index in [0.29, 0.717) is 22.0 Å². The highest BCUT2D eigenvalue weighted by Gasteiger charge is 2.15. The molecule has 4 rings (SSSR count). The Labute approximate surface area is 152 Å². The topological polar surface area (TPSA) is 52.3 Å². The summed E-state index contributed by atoms with van der Waals surface area (Å²) in [5.41, 5.74) is 2.04. The van der Waals surface area contributed by atoms with Gasteiger partial charge in [0.05, 0.1) is 10.6 Å². The molecule has 0 atom stereocenters. The van der Waals surface area contributed by atoms with Gasteiger partial charge in [0.1, 0.15) is 17.3 Å². The fourth-order valence-corrected chi connectivity index (χ4v) is 2.80. The molecule has 0 radical (unpaired) electrons. The largest absolute Gasteiger partial charge is 0.423 e. The molecule has 26 heavy (non-hydrogen) atoms. The maximum atomic E-state index is 13.1. The molecule has 3 aromatic carbocycles. The predicted octanol–water partition coefficient (Wildman–Crippen LogP) is 5.51. The molecule has 0 amide bonds. The molecule has 0 saturated heterocycles. The molecule has 0 aliphatic heterocycles. The molecule has 0 N–H and O–H groups in total. The highest BCUT2D eigenvalue weighted by molar-refractivity contribution is 6.33. The number of aromatic nitrogens is 1. The van der Waals surface area contributed by atoms with Gasteiger partial charge >= 0.3 is 5.97 Å². The maximum absolute atomic E-state index is 13.1. The van der Waals surface area contributed by atoms with Crippen molar-refractivity contribution in [3.8, 4) is 17.0 Å². The first-order valence-corrected chi connectivity index (χ1v) is 8.12.